The quantitative estimate of drug-likeness (QED) is 0.520. The number of hydrogen-bond acceptors (Lipinski definition) is 1. The maximum Gasteiger partial charge on any atom is 0.0408 e. The third-order valence-electron chi connectivity index (χ3n) is 3.39. The van der Waals surface area contributed by atoms with E-state index in [4.69, 9.17) is 11.6 Å². The van der Waals surface area contributed by atoms with Crippen LogP contribution in [0, 0.1) is 0 Å². The van der Waals surface area contributed by atoms with Crippen molar-refractivity contribution in [1.82, 2.24) is 4.90 Å². The van der Waals surface area contributed by atoms with E-state index in [2.05, 4.69) is 38.7 Å². The number of likely N-dealkylation sites (tertiary alicyclic amines) is 1. The topological polar surface area (TPSA) is 3.24 Å². The van der Waals surface area contributed by atoms with Crippen molar-refractivity contribution in [3.63, 3.8) is 0 Å². The molecule has 1 nitrogen and oxygen atoms in total. The molecule has 1 aromatic carbocycles. The molecule has 3 heteroatoms. The Kier molecular flexibility index (Phi) is 22.7. The van der Waals surface area contributed by atoms with Crippen molar-refractivity contribution in [3.8, 4) is 0 Å². The molecule has 1 aliphatic heterocycles. The van der Waals surface area contributed by atoms with E-state index in [-0.39, 0.29) is 55.0 Å². The SMILES string of the molecule is C.C.C.CC(C)N1CCCC1.CC(C)c1cccc(Cl)c1.[Y]. The van der Waals surface area contributed by atoms with E-state index in [1.165, 1.54) is 31.5 Å². The summed E-state index contributed by atoms with van der Waals surface area (Å²) < 4.78 is 0. The molecule has 0 N–H and O–H groups in total. The van der Waals surface area contributed by atoms with E-state index in [0.29, 0.717) is 5.92 Å². The fourth-order valence-electron chi connectivity index (χ4n) is 2.12. The number of nitrogens with zero attached hydrogens (tertiary/aromatic N) is 1. The fourth-order valence-corrected chi connectivity index (χ4v) is 2.32. The van der Waals surface area contributed by atoms with Gasteiger partial charge in [-0.1, -0.05) is 59.9 Å². The van der Waals surface area contributed by atoms with Gasteiger partial charge in [0.05, 0.1) is 0 Å². The van der Waals surface area contributed by atoms with Crippen LogP contribution in [0.25, 0.3) is 0 Å². The van der Waals surface area contributed by atoms with Crippen molar-refractivity contribution in [1.29, 1.82) is 0 Å². The van der Waals surface area contributed by atoms with Gasteiger partial charge in [0.1, 0.15) is 0 Å². The van der Waals surface area contributed by atoms with Crippen LogP contribution in [0.15, 0.2) is 24.3 Å². The summed E-state index contributed by atoms with van der Waals surface area (Å²) in [5, 5.41) is 0.825. The summed E-state index contributed by atoms with van der Waals surface area (Å²) in [4.78, 5) is 2.53. The van der Waals surface area contributed by atoms with Crippen LogP contribution in [-0.2, 0) is 32.7 Å². The molecule has 22 heavy (non-hydrogen) atoms. The third-order valence-corrected chi connectivity index (χ3v) is 3.62. The number of benzene rings is 1. The zero-order valence-electron chi connectivity index (χ0n) is 12.7. The van der Waals surface area contributed by atoms with Crippen LogP contribution in [-0.4, -0.2) is 24.0 Å². The van der Waals surface area contributed by atoms with Gasteiger partial charge in [-0.25, -0.2) is 0 Å². The summed E-state index contributed by atoms with van der Waals surface area (Å²) in [6.45, 7) is 11.5. The first-order chi connectivity index (χ1) is 8.50. The molecule has 2 rings (SSSR count). The van der Waals surface area contributed by atoms with E-state index in [0.717, 1.165) is 11.1 Å². The summed E-state index contributed by atoms with van der Waals surface area (Å²) in [5.74, 6) is 0.568. The zero-order valence-corrected chi connectivity index (χ0v) is 16.3. The molecule has 1 aliphatic rings. The maximum absolute atomic E-state index is 5.79. The number of halogens is 1. The Morgan fingerprint density at radius 3 is 1.73 bits per heavy atom. The van der Waals surface area contributed by atoms with Crippen molar-refractivity contribution in [3.05, 3.63) is 34.9 Å². The molecular formula is C19H38ClNY. The van der Waals surface area contributed by atoms with Gasteiger partial charge in [-0.2, -0.15) is 0 Å². The predicted molar refractivity (Wildman–Crippen MR) is 102 cm³/mol. The number of hydrogen-bond donors (Lipinski definition) is 0. The molecule has 0 unspecified atom stereocenters. The Hall–Kier alpha value is 0.574. The molecule has 0 aromatic heterocycles. The average molecular weight is 405 g/mol. The largest absolute Gasteiger partial charge is 0.301 e. The Bertz CT molecular complexity index is 347. The van der Waals surface area contributed by atoms with Crippen molar-refractivity contribution in [2.24, 2.45) is 0 Å². The standard InChI is InChI=1S/C9H11Cl.C7H15N.3CH4.Y/c1-7(2)8-4-3-5-9(10)6-8;1-7(2)8-5-3-4-6-8;;;;/h3-7H,1-2H3;7H,3-6H2,1-2H3;3*1H4;. The summed E-state index contributed by atoms with van der Waals surface area (Å²) >= 11 is 5.79. The van der Waals surface area contributed by atoms with E-state index in [9.17, 15) is 0 Å². The first kappa shape index (κ1) is 30.5. The molecule has 129 valence electrons. The first-order valence-electron chi connectivity index (χ1n) is 7.00. The Morgan fingerprint density at radius 1 is 0.955 bits per heavy atom. The second-order valence-electron chi connectivity index (χ2n) is 5.55. The maximum atomic E-state index is 5.79. The van der Waals surface area contributed by atoms with Crippen LogP contribution >= 0.6 is 11.6 Å². The normalized spacial score (nSPS) is 13.0. The van der Waals surface area contributed by atoms with Crippen LogP contribution in [0.2, 0.25) is 5.02 Å². The molecule has 1 heterocycles. The van der Waals surface area contributed by atoms with Crippen molar-refractivity contribution >= 4 is 11.6 Å². The van der Waals surface area contributed by atoms with Gasteiger partial charge in [-0.3, -0.25) is 0 Å². The molecule has 1 radical (unpaired) electrons. The molecule has 0 spiro atoms. The predicted octanol–water partition coefficient (Wildman–Crippen LogP) is 6.86. The fraction of sp³-hybridized carbons (Fsp3) is 0.684. The Balaban J connectivity index is -0.000000126. The minimum absolute atomic E-state index is 0. The van der Waals surface area contributed by atoms with Crippen molar-refractivity contribution in [2.75, 3.05) is 13.1 Å². The van der Waals surface area contributed by atoms with Crippen LogP contribution in [0.1, 0.15) is 74.3 Å². The summed E-state index contributed by atoms with van der Waals surface area (Å²) in [6.07, 6.45) is 2.83. The molecule has 0 atom stereocenters. The zero-order chi connectivity index (χ0) is 13.5. The number of rotatable bonds is 2. The van der Waals surface area contributed by atoms with E-state index >= 15 is 0 Å². The summed E-state index contributed by atoms with van der Waals surface area (Å²) in [7, 11) is 0. The minimum atomic E-state index is 0. The van der Waals surface area contributed by atoms with Crippen LogP contribution < -0.4 is 0 Å². The van der Waals surface area contributed by atoms with Crippen LogP contribution in [0.5, 0.6) is 0 Å². The molecule has 0 saturated carbocycles. The molecular weight excluding hydrogens is 367 g/mol. The van der Waals surface area contributed by atoms with Gasteiger partial charge in [0.2, 0.25) is 0 Å². The second kappa shape index (κ2) is 16.4. The van der Waals surface area contributed by atoms with Gasteiger partial charge in [0, 0.05) is 43.8 Å². The van der Waals surface area contributed by atoms with Gasteiger partial charge in [-0.15, -0.1) is 0 Å². The van der Waals surface area contributed by atoms with Crippen molar-refractivity contribution < 1.29 is 32.7 Å². The van der Waals surface area contributed by atoms with Crippen LogP contribution in [0.4, 0.5) is 0 Å². The van der Waals surface area contributed by atoms with Gasteiger partial charge >= 0.3 is 0 Å². The average Bonchev–Trinajstić information content (AvgIpc) is 2.83. The second-order valence-corrected chi connectivity index (χ2v) is 5.98. The molecule has 1 saturated heterocycles. The summed E-state index contributed by atoms with van der Waals surface area (Å²) in [6, 6.07) is 8.76. The van der Waals surface area contributed by atoms with Crippen molar-refractivity contribution in [2.45, 2.75) is 74.8 Å². The Morgan fingerprint density at radius 2 is 1.45 bits per heavy atom. The van der Waals surface area contributed by atoms with Crippen LogP contribution in [0.3, 0.4) is 0 Å². The molecule has 0 amide bonds. The smallest absolute Gasteiger partial charge is 0.0408 e. The van der Waals surface area contributed by atoms with Gasteiger partial charge < -0.3 is 4.90 Å². The molecule has 1 fully saturated rings. The minimum Gasteiger partial charge on any atom is -0.301 e. The summed E-state index contributed by atoms with van der Waals surface area (Å²) in [5.41, 5.74) is 1.30. The molecule has 0 aliphatic carbocycles. The first-order valence-corrected chi connectivity index (χ1v) is 7.38. The molecule has 1 aromatic rings. The van der Waals surface area contributed by atoms with Gasteiger partial charge in [-0.05, 0) is 63.4 Å². The van der Waals surface area contributed by atoms with E-state index in [1.54, 1.807) is 0 Å². The molecule has 0 bridgehead atoms. The third kappa shape index (κ3) is 12.1. The van der Waals surface area contributed by atoms with E-state index in [1.807, 2.05) is 18.2 Å². The van der Waals surface area contributed by atoms with E-state index < -0.39 is 0 Å². The van der Waals surface area contributed by atoms with Gasteiger partial charge in [0.15, 0.2) is 0 Å². The Labute approximate surface area is 171 Å². The monoisotopic (exact) mass is 404 g/mol. The van der Waals surface area contributed by atoms with Gasteiger partial charge in [0.25, 0.3) is 0 Å².